The van der Waals surface area contributed by atoms with Crippen LogP contribution in [-0.2, 0) is 0 Å². The van der Waals surface area contributed by atoms with Crippen LogP contribution >= 0.6 is 0 Å². The molecule has 0 aromatic heterocycles. The van der Waals surface area contributed by atoms with Crippen molar-refractivity contribution in [3.63, 3.8) is 0 Å². The van der Waals surface area contributed by atoms with E-state index < -0.39 is 6.80 Å². The van der Waals surface area contributed by atoms with Gasteiger partial charge in [-0.15, -0.1) is 0 Å². The summed E-state index contributed by atoms with van der Waals surface area (Å²) in [5, 5.41) is 2.68. The highest BCUT2D eigenvalue weighted by molar-refractivity contribution is 4.60. The third kappa shape index (κ3) is 2.97. The predicted molar refractivity (Wildman–Crippen MR) is 33.4 cm³/mol. The topological polar surface area (TPSA) is 12.0 Å². The van der Waals surface area contributed by atoms with Crippen LogP contribution in [-0.4, -0.2) is 12.8 Å². The lowest BCUT2D eigenvalue weighted by molar-refractivity contribution is 0.341. The molecule has 0 aliphatic carbocycles. The Balaban J connectivity index is 3.17. The summed E-state index contributed by atoms with van der Waals surface area (Å²) in [5.41, 5.74) is 0. The molecule has 0 aromatic rings. The molecule has 0 aliphatic heterocycles. The normalized spacial score (nSPS) is 14.6. The van der Waals surface area contributed by atoms with Crippen LogP contribution in [0.25, 0.3) is 0 Å². The Labute approximate surface area is 50.3 Å². The van der Waals surface area contributed by atoms with Gasteiger partial charge >= 0.3 is 0 Å². The second kappa shape index (κ2) is 3.84. The van der Waals surface area contributed by atoms with Crippen LogP contribution in [0.15, 0.2) is 0 Å². The summed E-state index contributed by atoms with van der Waals surface area (Å²) in [6.07, 6.45) is 0. The Morgan fingerprint density at radius 3 is 2.00 bits per heavy atom. The van der Waals surface area contributed by atoms with Gasteiger partial charge in [0.25, 0.3) is 0 Å². The first-order valence-corrected chi connectivity index (χ1v) is 2.97. The van der Waals surface area contributed by atoms with E-state index in [0.29, 0.717) is 12.0 Å². The molecule has 0 heterocycles. The van der Waals surface area contributed by atoms with Gasteiger partial charge in [-0.05, 0) is 12.8 Å². The van der Waals surface area contributed by atoms with Crippen LogP contribution in [0.2, 0.25) is 0 Å². The van der Waals surface area contributed by atoms with Crippen molar-refractivity contribution >= 4 is 0 Å². The van der Waals surface area contributed by atoms with Crippen molar-refractivity contribution in [2.24, 2.45) is 5.92 Å². The molecule has 0 fully saturated rings. The van der Waals surface area contributed by atoms with E-state index >= 15 is 0 Å². The number of halogens is 1. The lowest BCUT2D eigenvalue weighted by Crippen LogP contribution is -2.29. The van der Waals surface area contributed by atoms with Gasteiger partial charge in [-0.1, -0.05) is 13.8 Å². The van der Waals surface area contributed by atoms with Crippen LogP contribution < -0.4 is 5.32 Å². The zero-order valence-corrected chi connectivity index (χ0v) is 5.74. The first-order chi connectivity index (χ1) is 3.68. The summed E-state index contributed by atoms with van der Waals surface area (Å²) >= 11 is 0. The fraction of sp³-hybridized carbons (Fsp3) is 1.00. The summed E-state index contributed by atoms with van der Waals surface area (Å²) in [7, 11) is 0. The van der Waals surface area contributed by atoms with E-state index in [2.05, 4.69) is 19.2 Å². The quantitative estimate of drug-likeness (QED) is 0.556. The smallest absolute Gasteiger partial charge is 0.140 e. The van der Waals surface area contributed by atoms with Crippen LogP contribution in [0.1, 0.15) is 20.8 Å². The van der Waals surface area contributed by atoms with E-state index in [1.165, 1.54) is 0 Å². The van der Waals surface area contributed by atoms with Crippen LogP contribution in [0, 0.1) is 5.92 Å². The summed E-state index contributed by atoms with van der Waals surface area (Å²) in [6, 6.07) is 0.292. The van der Waals surface area contributed by atoms with E-state index in [9.17, 15) is 4.39 Å². The highest BCUT2D eigenvalue weighted by Gasteiger charge is 2.03. The average molecular weight is 119 g/mol. The molecule has 1 nitrogen and oxygen atoms in total. The number of alkyl halides is 1. The largest absolute Gasteiger partial charge is 0.288 e. The molecule has 0 rings (SSSR count). The van der Waals surface area contributed by atoms with Gasteiger partial charge in [-0.25, -0.2) is 4.39 Å². The third-order valence-electron chi connectivity index (χ3n) is 1.40. The highest BCUT2D eigenvalue weighted by atomic mass is 19.1. The maximum atomic E-state index is 11.5. The van der Waals surface area contributed by atoms with Gasteiger partial charge in [0.15, 0.2) is 0 Å². The fourth-order valence-corrected chi connectivity index (χ4v) is 0.357. The molecule has 0 amide bonds. The summed E-state index contributed by atoms with van der Waals surface area (Å²) in [5.74, 6) is 0.519. The third-order valence-corrected chi connectivity index (χ3v) is 1.40. The summed E-state index contributed by atoms with van der Waals surface area (Å²) < 4.78 is 11.5. The van der Waals surface area contributed by atoms with Crippen molar-refractivity contribution < 1.29 is 4.39 Å². The van der Waals surface area contributed by atoms with Crippen molar-refractivity contribution in [2.45, 2.75) is 26.8 Å². The maximum absolute atomic E-state index is 11.5. The SMILES string of the molecule is CC(C)[C@@H](C)NCF. The molecule has 2 heteroatoms. The van der Waals surface area contributed by atoms with Crippen LogP contribution in [0.5, 0.6) is 0 Å². The lowest BCUT2D eigenvalue weighted by atomic mass is 10.1. The van der Waals surface area contributed by atoms with Gasteiger partial charge in [0, 0.05) is 6.04 Å². The van der Waals surface area contributed by atoms with E-state index in [-0.39, 0.29) is 0 Å². The first-order valence-electron chi connectivity index (χ1n) is 2.97. The number of nitrogens with one attached hydrogen (secondary N) is 1. The Kier molecular flexibility index (Phi) is 3.79. The zero-order chi connectivity index (χ0) is 6.57. The van der Waals surface area contributed by atoms with Gasteiger partial charge in [0.2, 0.25) is 0 Å². The van der Waals surface area contributed by atoms with Crippen LogP contribution in [0.4, 0.5) is 4.39 Å². The van der Waals surface area contributed by atoms with Gasteiger partial charge in [0.05, 0.1) is 0 Å². The molecular weight excluding hydrogens is 105 g/mol. The second-order valence-corrected chi connectivity index (χ2v) is 2.37. The molecule has 50 valence electrons. The Morgan fingerprint density at radius 1 is 1.38 bits per heavy atom. The maximum Gasteiger partial charge on any atom is 0.140 e. The van der Waals surface area contributed by atoms with Gasteiger partial charge in [-0.3, -0.25) is 5.32 Å². The number of hydrogen-bond acceptors (Lipinski definition) is 1. The highest BCUT2D eigenvalue weighted by Crippen LogP contribution is 1.98. The molecule has 0 radical (unpaired) electrons. The Bertz CT molecular complexity index is 54.5. The Morgan fingerprint density at radius 2 is 1.88 bits per heavy atom. The van der Waals surface area contributed by atoms with E-state index in [1.54, 1.807) is 0 Å². The zero-order valence-electron chi connectivity index (χ0n) is 5.74. The molecule has 0 aromatic carbocycles. The van der Waals surface area contributed by atoms with Crippen molar-refractivity contribution in [2.75, 3.05) is 6.80 Å². The second-order valence-electron chi connectivity index (χ2n) is 2.37. The van der Waals surface area contributed by atoms with Crippen LogP contribution in [0.3, 0.4) is 0 Å². The summed E-state index contributed by atoms with van der Waals surface area (Å²) in [4.78, 5) is 0. The number of hydrogen-bond donors (Lipinski definition) is 1. The molecule has 0 unspecified atom stereocenters. The standard InChI is InChI=1S/C6H14FN/c1-5(2)6(3)8-4-7/h5-6,8H,4H2,1-3H3/t6-/m1/s1. The van der Waals surface area contributed by atoms with Crippen molar-refractivity contribution in [3.8, 4) is 0 Å². The molecule has 8 heavy (non-hydrogen) atoms. The number of rotatable bonds is 3. The molecule has 1 N–H and O–H groups in total. The molecule has 1 atom stereocenters. The molecule has 0 aliphatic rings. The Hall–Kier alpha value is -0.110. The molecular formula is C6H14FN. The summed E-state index contributed by atoms with van der Waals surface area (Å²) in [6.45, 7) is 5.68. The lowest BCUT2D eigenvalue weighted by Gasteiger charge is -2.13. The van der Waals surface area contributed by atoms with E-state index in [0.717, 1.165) is 0 Å². The minimum absolute atomic E-state index is 0.292. The fourth-order valence-electron chi connectivity index (χ4n) is 0.357. The minimum atomic E-state index is -0.417. The van der Waals surface area contributed by atoms with Crippen molar-refractivity contribution in [1.82, 2.24) is 5.32 Å². The van der Waals surface area contributed by atoms with Crippen molar-refractivity contribution in [1.29, 1.82) is 0 Å². The average Bonchev–Trinajstić information content (AvgIpc) is 1.67. The molecule has 0 saturated carbocycles. The van der Waals surface area contributed by atoms with E-state index in [4.69, 9.17) is 0 Å². The monoisotopic (exact) mass is 119 g/mol. The van der Waals surface area contributed by atoms with E-state index in [1.807, 2.05) is 6.92 Å². The molecule has 0 bridgehead atoms. The first kappa shape index (κ1) is 7.89. The molecule has 0 saturated heterocycles. The predicted octanol–water partition coefficient (Wildman–Crippen LogP) is 1.55. The minimum Gasteiger partial charge on any atom is -0.288 e. The van der Waals surface area contributed by atoms with Gasteiger partial charge < -0.3 is 0 Å². The van der Waals surface area contributed by atoms with Gasteiger partial charge in [0.1, 0.15) is 6.80 Å². The van der Waals surface area contributed by atoms with Gasteiger partial charge in [-0.2, -0.15) is 0 Å². The van der Waals surface area contributed by atoms with Crippen molar-refractivity contribution in [3.05, 3.63) is 0 Å². The molecule has 0 spiro atoms.